The molecule has 3 saturated heterocycles. The number of aliphatic hydroxyl groups excluding tert-OH is 8. The smallest absolute Gasteiger partial charge is 0.303 e. The first-order valence-electron chi connectivity index (χ1n) is 18.7. The first kappa shape index (κ1) is 63.0. The molecule has 0 aromatic carbocycles. The van der Waals surface area contributed by atoms with Crippen LogP contribution in [0.1, 0.15) is 35.1 Å². The van der Waals surface area contributed by atoms with Crippen LogP contribution in [0.5, 0.6) is 0 Å². The summed E-state index contributed by atoms with van der Waals surface area (Å²) in [5.74, 6) is -1.79. The predicted octanol–water partition coefficient (Wildman–Crippen LogP) is -3.81. The third-order valence-corrected chi connectivity index (χ3v) is 11.6. The van der Waals surface area contributed by atoms with E-state index in [1.807, 2.05) is 6.07 Å². The SMILES string of the molecule is C.CC(=O)OCC1OC(SCC#N)C(OC(C)=O)C(OC(C)=O)C1OC(C)=O.CN.CN=C(N)CSC1OC(CO)C(O)C(O)C1O.COC(=N)CSC1OC(CO)C(O)C(O)C1O. The van der Waals surface area contributed by atoms with Gasteiger partial charge in [-0.05, 0) is 7.05 Å². The standard InChI is InChI=1S/C16H21NO9S.C9H18N2O5S.C9H17NO6S.CH5N.CH4/c1-8(18)22-7-12-13(23-9(2)19)14(24-10(3)20)15(25-11(4)21)16(26-12)27-6-5-17;1-11-5(10)3-17-9-8(15)7(14)6(13)4(2-12)16-9;1-15-5(10)3-17-9-8(14)7(13)6(12)4(2-11)16-9;1-2;/h12-16H,6-7H2,1-4H3;4,6-9,12-15H,2-3H2,1H3,(H2,10,11);4,6-14H,2-3H2,1H3;2H2,1H3;1H4. The molecule has 0 aromatic rings. The van der Waals surface area contributed by atoms with Gasteiger partial charge in [0.05, 0.1) is 43.7 Å². The monoisotopic (exact) mass is 983 g/mol. The summed E-state index contributed by atoms with van der Waals surface area (Å²) in [6.07, 6.45) is -14.2. The summed E-state index contributed by atoms with van der Waals surface area (Å²) in [5, 5.41) is 91.5. The first-order valence-corrected chi connectivity index (χ1v) is 21.9. The fourth-order valence-electron chi connectivity index (χ4n) is 5.30. The van der Waals surface area contributed by atoms with Gasteiger partial charge in [-0.2, -0.15) is 5.26 Å². The molecule has 372 valence electrons. The van der Waals surface area contributed by atoms with Crippen LogP contribution in [0, 0.1) is 16.7 Å². The van der Waals surface area contributed by atoms with Gasteiger partial charge in [0.15, 0.2) is 24.2 Å². The van der Waals surface area contributed by atoms with Gasteiger partial charge in [-0.25, -0.2) is 0 Å². The molecule has 3 aliphatic heterocycles. The van der Waals surface area contributed by atoms with Crippen LogP contribution >= 0.6 is 35.3 Å². The third-order valence-electron chi connectivity index (χ3n) is 8.27. The molecule has 0 saturated carbocycles. The number of thioether (sulfide) groups is 3. The topological polar surface area (TPSA) is 416 Å². The molecule has 0 amide bonds. The van der Waals surface area contributed by atoms with Crippen LogP contribution in [0.3, 0.4) is 0 Å². The lowest BCUT2D eigenvalue weighted by Crippen LogP contribution is -2.61. The molecule has 0 aromatic heterocycles. The van der Waals surface area contributed by atoms with E-state index in [2.05, 4.69) is 15.5 Å². The zero-order valence-electron chi connectivity index (χ0n) is 35.7. The predicted molar refractivity (Wildman–Crippen MR) is 232 cm³/mol. The highest BCUT2D eigenvalue weighted by molar-refractivity contribution is 8.00. The van der Waals surface area contributed by atoms with Gasteiger partial charge in [0, 0.05) is 34.7 Å². The van der Waals surface area contributed by atoms with Crippen LogP contribution in [0.15, 0.2) is 4.99 Å². The van der Waals surface area contributed by atoms with Gasteiger partial charge in [0.1, 0.15) is 83.7 Å². The van der Waals surface area contributed by atoms with Crippen molar-refractivity contribution in [2.24, 2.45) is 16.5 Å². The number of nitriles is 1. The number of nitrogens with one attached hydrogen (secondary N) is 1. The van der Waals surface area contributed by atoms with E-state index in [1.165, 1.54) is 21.1 Å². The average Bonchev–Trinajstić information content (AvgIpc) is 3.25. The minimum Gasteiger partial charge on any atom is -0.484 e. The lowest BCUT2D eigenvalue weighted by molar-refractivity contribution is -0.237. The van der Waals surface area contributed by atoms with Crippen molar-refractivity contribution in [3.05, 3.63) is 0 Å². The Kier molecular flexibility index (Phi) is 32.8. The molecule has 3 aliphatic rings. The molecule has 3 rings (SSSR count). The van der Waals surface area contributed by atoms with Crippen LogP contribution in [-0.4, -0.2) is 224 Å². The second kappa shape index (κ2) is 33.4. The second-order valence-corrected chi connectivity index (χ2v) is 16.2. The van der Waals surface area contributed by atoms with Crippen LogP contribution in [0.25, 0.3) is 0 Å². The van der Waals surface area contributed by atoms with E-state index in [9.17, 15) is 49.8 Å². The van der Waals surface area contributed by atoms with Crippen LogP contribution < -0.4 is 11.5 Å². The number of rotatable bonds is 15. The summed E-state index contributed by atoms with van der Waals surface area (Å²) >= 11 is 3.22. The molecule has 15 atom stereocenters. The molecular formula is C36H65N5O20S3. The number of amidine groups is 1. The van der Waals surface area contributed by atoms with E-state index >= 15 is 0 Å². The van der Waals surface area contributed by atoms with Gasteiger partial charge < -0.3 is 90.2 Å². The molecule has 13 N–H and O–H groups in total. The Labute approximate surface area is 383 Å². The summed E-state index contributed by atoms with van der Waals surface area (Å²) in [4.78, 5) is 49.5. The quantitative estimate of drug-likeness (QED) is 0.0324. The molecule has 3 fully saturated rings. The Bertz CT molecular complexity index is 1480. The second-order valence-electron chi connectivity index (χ2n) is 12.9. The fourth-order valence-corrected chi connectivity index (χ4v) is 8.22. The summed E-state index contributed by atoms with van der Waals surface area (Å²) < 4.78 is 41.5. The molecule has 0 spiro atoms. The summed E-state index contributed by atoms with van der Waals surface area (Å²) in [6, 6.07) is 1.92. The normalized spacial score (nSPS) is 32.0. The minimum atomic E-state index is -1.38. The molecular weight excluding hydrogens is 919 g/mol. The van der Waals surface area contributed by atoms with Crippen molar-refractivity contribution in [3.8, 4) is 6.07 Å². The zero-order valence-corrected chi connectivity index (χ0v) is 38.1. The van der Waals surface area contributed by atoms with Crippen molar-refractivity contribution in [1.29, 1.82) is 10.7 Å². The van der Waals surface area contributed by atoms with E-state index in [1.54, 1.807) is 7.05 Å². The van der Waals surface area contributed by atoms with Gasteiger partial charge >= 0.3 is 23.9 Å². The largest absolute Gasteiger partial charge is 0.484 e. The number of hydrogen-bond donors (Lipinski definition) is 11. The van der Waals surface area contributed by atoms with Gasteiger partial charge in [-0.1, -0.05) is 7.43 Å². The van der Waals surface area contributed by atoms with Gasteiger partial charge in [-0.15, -0.1) is 35.3 Å². The number of methoxy groups -OCH3 is 1. The number of aliphatic hydroxyl groups is 8. The van der Waals surface area contributed by atoms with Crippen molar-refractivity contribution >= 4 is 70.9 Å². The number of nitrogens with two attached hydrogens (primary N) is 2. The number of ether oxygens (including phenoxy) is 8. The van der Waals surface area contributed by atoms with E-state index in [0.717, 1.165) is 56.1 Å². The number of carbonyl (C=O) groups excluding carboxylic acids is 4. The fraction of sp³-hybridized carbons (Fsp3) is 0.806. The van der Waals surface area contributed by atoms with Crippen molar-refractivity contribution in [3.63, 3.8) is 0 Å². The Balaban J connectivity index is 0. The van der Waals surface area contributed by atoms with Crippen molar-refractivity contribution < 1.29 is 97.9 Å². The van der Waals surface area contributed by atoms with E-state index in [-0.39, 0.29) is 31.4 Å². The van der Waals surface area contributed by atoms with E-state index < -0.39 is 127 Å². The van der Waals surface area contributed by atoms with Gasteiger partial charge in [0.25, 0.3) is 0 Å². The molecule has 64 heavy (non-hydrogen) atoms. The molecule has 25 nitrogen and oxygen atoms in total. The lowest BCUT2D eigenvalue weighted by atomic mass is 9.99. The summed E-state index contributed by atoms with van der Waals surface area (Å²) in [7, 11) is 4.40. The Morgan fingerprint density at radius 2 is 1.09 bits per heavy atom. The van der Waals surface area contributed by atoms with Crippen molar-refractivity contribution in [1.82, 2.24) is 0 Å². The highest BCUT2D eigenvalue weighted by Gasteiger charge is 2.52. The maximum Gasteiger partial charge on any atom is 0.303 e. The first-order chi connectivity index (χ1) is 29.7. The summed E-state index contributed by atoms with van der Waals surface area (Å²) in [5.41, 5.74) is 7.51. The third kappa shape index (κ3) is 21.5. The van der Waals surface area contributed by atoms with Crippen molar-refractivity contribution in [2.45, 2.75) is 125 Å². The van der Waals surface area contributed by atoms with Gasteiger partial charge in [0.2, 0.25) is 0 Å². The number of aliphatic imine (C=N–C) groups is 1. The molecule has 3 heterocycles. The molecule has 0 aliphatic carbocycles. The maximum atomic E-state index is 11.6. The Morgan fingerprint density at radius 3 is 1.48 bits per heavy atom. The van der Waals surface area contributed by atoms with Gasteiger partial charge in [-0.3, -0.25) is 29.6 Å². The highest BCUT2D eigenvalue weighted by atomic mass is 32.2. The van der Waals surface area contributed by atoms with Crippen LogP contribution in [-0.2, 0) is 57.1 Å². The Morgan fingerprint density at radius 1 is 0.672 bits per heavy atom. The van der Waals surface area contributed by atoms with Crippen LogP contribution in [0.2, 0.25) is 0 Å². The Hall–Kier alpha value is -3.12. The number of nitrogens with zero attached hydrogens (tertiary/aromatic N) is 2. The maximum absolute atomic E-state index is 11.6. The van der Waals surface area contributed by atoms with Crippen molar-refractivity contribution in [2.75, 3.05) is 58.3 Å². The van der Waals surface area contributed by atoms with Crippen LogP contribution in [0.4, 0.5) is 0 Å². The average molecular weight is 984 g/mol. The molecule has 28 heteroatoms. The zero-order chi connectivity index (χ0) is 48.6. The number of hydrogen-bond acceptors (Lipinski definition) is 27. The van der Waals surface area contributed by atoms with E-state index in [0.29, 0.717) is 11.6 Å². The number of esters is 4. The highest BCUT2D eigenvalue weighted by Crippen LogP contribution is 2.34. The van der Waals surface area contributed by atoms with E-state index in [4.69, 9.17) is 59.8 Å². The molecule has 15 unspecified atom stereocenters. The molecule has 0 radical (unpaired) electrons. The lowest BCUT2D eigenvalue weighted by Gasteiger charge is -2.44. The minimum absolute atomic E-state index is 0. The number of carbonyl (C=O) groups is 4. The molecule has 0 bridgehead atoms. The summed E-state index contributed by atoms with van der Waals surface area (Å²) in [6.45, 7) is 3.46.